The van der Waals surface area contributed by atoms with Crippen molar-refractivity contribution in [2.75, 3.05) is 6.61 Å². The number of hydrogen-bond donors (Lipinski definition) is 3. The highest BCUT2D eigenvalue weighted by molar-refractivity contribution is 7.55. The Kier molecular flexibility index (Phi) is 6.36. The molecule has 1 saturated heterocycles. The molecular formula is C16H24NO5P. The van der Waals surface area contributed by atoms with Crippen molar-refractivity contribution in [1.29, 1.82) is 0 Å². The minimum atomic E-state index is -3.78. The first-order chi connectivity index (χ1) is 10.9. The largest absolute Gasteiger partial charge is 0.480 e. The molecule has 6 nitrogen and oxygen atoms in total. The van der Waals surface area contributed by atoms with Crippen LogP contribution in [0.25, 0.3) is 0 Å². The summed E-state index contributed by atoms with van der Waals surface area (Å²) in [7, 11) is -3.78. The van der Waals surface area contributed by atoms with Gasteiger partial charge in [0.1, 0.15) is 6.04 Å². The lowest BCUT2D eigenvalue weighted by Crippen LogP contribution is -2.38. The van der Waals surface area contributed by atoms with E-state index in [1.807, 2.05) is 13.0 Å². The van der Waals surface area contributed by atoms with Crippen molar-refractivity contribution >= 4 is 13.5 Å². The number of carbonyl (C=O) groups is 1. The van der Waals surface area contributed by atoms with Crippen LogP contribution in [-0.4, -0.2) is 34.7 Å². The van der Waals surface area contributed by atoms with E-state index in [-0.39, 0.29) is 24.6 Å². The van der Waals surface area contributed by atoms with Gasteiger partial charge >= 0.3 is 5.97 Å². The Morgan fingerprint density at radius 2 is 2.13 bits per heavy atom. The zero-order valence-corrected chi connectivity index (χ0v) is 14.1. The Balaban J connectivity index is 1.97. The quantitative estimate of drug-likeness (QED) is 0.629. The molecule has 0 aromatic heterocycles. The molecule has 1 aromatic rings. The molecule has 7 heteroatoms. The molecule has 1 heterocycles. The maximum Gasteiger partial charge on any atom is 0.321 e. The van der Waals surface area contributed by atoms with Crippen molar-refractivity contribution in [1.82, 2.24) is 5.09 Å². The highest BCUT2D eigenvalue weighted by Gasteiger charge is 2.32. The summed E-state index contributed by atoms with van der Waals surface area (Å²) in [6.45, 7) is 2.62. The first-order valence-electron chi connectivity index (χ1n) is 7.85. The average molecular weight is 341 g/mol. The molecule has 128 valence electrons. The molecule has 0 radical (unpaired) electrons. The van der Waals surface area contributed by atoms with Gasteiger partial charge in [-0.3, -0.25) is 9.36 Å². The number of hydrogen-bond acceptors (Lipinski definition) is 3. The van der Waals surface area contributed by atoms with Gasteiger partial charge in [-0.1, -0.05) is 37.3 Å². The predicted molar refractivity (Wildman–Crippen MR) is 87.3 cm³/mol. The van der Waals surface area contributed by atoms with E-state index in [1.165, 1.54) is 0 Å². The van der Waals surface area contributed by atoms with E-state index in [4.69, 9.17) is 4.74 Å². The van der Waals surface area contributed by atoms with Crippen molar-refractivity contribution in [3.63, 3.8) is 0 Å². The molecule has 1 aliphatic heterocycles. The van der Waals surface area contributed by atoms with E-state index in [9.17, 15) is 19.4 Å². The Bertz CT molecular complexity index is 559. The van der Waals surface area contributed by atoms with Crippen LogP contribution in [0.1, 0.15) is 31.7 Å². The van der Waals surface area contributed by atoms with Crippen molar-refractivity contribution in [3.05, 3.63) is 35.9 Å². The first kappa shape index (κ1) is 18.1. The summed E-state index contributed by atoms with van der Waals surface area (Å²) >= 11 is 0. The SMILES string of the molecule is CC(CC(NP(=O)(O)Cc1ccccc1)C(=O)O)C1CCCO1. The molecule has 0 aliphatic carbocycles. The molecule has 4 atom stereocenters. The van der Waals surface area contributed by atoms with Gasteiger partial charge in [-0.15, -0.1) is 0 Å². The van der Waals surface area contributed by atoms with Crippen LogP contribution in [0.4, 0.5) is 0 Å². The first-order valence-corrected chi connectivity index (χ1v) is 9.70. The van der Waals surface area contributed by atoms with Gasteiger partial charge in [0.2, 0.25) is 0 Å². The summed E-state index contributed by atoms with van der Waals surface area (Å²) < 4.78 is 17.9. The Hall–Kier alpha value is -1.20. The molecule has 1 fully saturated rings. The van der Waals surface area contributed by atoms with Crippen molar-refractivity contribution in [2.24, 2.45) is 5.92 Å². The maximum atomic E-state index is 12.4. The van der Waals surface area contributed by atoms with Gasteiger partial charge in [0.15, 0.2) is 0 Å². The second-order valence-electron chi connectivity index (χ2n) is 6.13. The summed E-state index contributed by atoms with van der Waals surface area (Å²) in [5, 5.41) is 11.8. The van der Waals surface area contributed by atoms with E-state index in [0.717, 1.165) is 12.8 Å². The third kappa shape index (κ3) is 5.74. The predicted octanol–water partition coefficient (Wildman–Crippen LogP) is 2.62. The lowest BCUT2D eigenvalue weighted by molar-refractivity contribution is -0.139. The van der Waals surface area contributed by atoms with Gasteiger partial charge in [0.05, 0.1) is 12.3 Å². The molecular weight excluding hydrogens is 317 g/mol. The van der Waals surface area contributed by atoms with E-state index >= 15 is 0 Å². The number of carboxylic acid groups (broad SMARTS) is 1. The maximum absolute atomic E-state index is 12.4. The molecule has 1 aromatic carbocycles. The van der Waals surface area contributed by atoms with E-state index in [1.54, 1.807) is 24.3 Å². The summed E-state index contributed by atoms with van der Waals surface area (Å²) in [6.07, 6.45) is 2.09. The van der Waals surface area contributed by atoms with Gasteiger partial charge in [-0.2, -0.15) is 0 Å². The number of nitrogens with one attached hydrogen (secondary N) is 1. The molecule has 0 spiro atoms. The second kappa shape index (κ2) is 8.06. The van der Waals surface area contributed by atoms with Crippen LogP contribution >= 0.6 is 7.52 Å². The van der Waals surface area contributed by atoms with Crippen LogP contribution in [0.15, 0.2) is 30.3 Å². The molecule has 3 N–H and O–H groups in total. The highest BCUT2D eigenvalue weighted by Crippen LogP contribution is 2.41. The lowest BCUT2D eigenvalue weighted by atomic mass is 9.95. The molecule has 1 aliphatic rings. The number of aliphatic carboxylic acids is 1. The third-order valence-corrected chi connectivity index (χ3v) is 5.61. The van der Waals surface area contributed by atoms with Crippen molar-refractivity contribution < 1.29 is 24.1 Å². The molecule has 0 saturated carbocycles. The van der Waals surface area contributed by atoms with Gasteiger partial charge in [-0.05, 0) is 30.7 Å². The number of ether oxygens (including phenoxy) is 1. The zero-order valence-electron chi connectivity index (χ0n) is 13.2. The normalized spacial score (nSPS) is 23.1. The zero-order chi connectivity index (χ0) is 16.9. The standard InChI is InChI=1S/C16H24NO5P/c1-12(15-8-5-9-22-15)10-14(16(18)19)17-23(20,21)11-13-6-3-2-4-7-13/h2-4,6-7,12,14-15H,5,8-11H2,1H3,(H,18,19)(H2,17,20,21). The van der Waals surface area contributed by atoms with Crippen molar-refractivity contribution in [2.45, 2.75) is 44.5 Å². The Morgan fingerprint density at radius 1 is 1.43 bits per heavy atom. The molecule has 0 bridgehead atoms. The second-order valence-corrected chi connectivity index (χ2v) is 8.11. The van der Waals surface area contributed by atoms with E-state index in [2.05, 4.69) is 5.09 Å². The van der Waals surface area contributed by atoms with Crippen LogP contribution in [0, 0.1) is 5.92 Å². The van der Waals surface area contributed by atoms with Gasteiger partial charge in [0, 0.05) is 6.61 Å². The van der Waals surface area contributed by atoms with Gasteiger partial charge < -0.3 is 14.7 Å². The fraction of sp³-hybridized carbons (Fsp3) is 0.562. The fourth-order valence-electron chi connectivity index (χ4n) is 2.90. The Morgan fingerprint density at radius 3 is 2.70 bits per heavy atom. The van der Waals surface area contributed by atoms with E-state index < -0.39 is 19.5 Å². The molecule has 23 heavy (non-hydrogen) atoms. The third-order valence-electron chi connectivity index (χ3n) is 4.10. The molecule has 0 amide bonds. The van der Waals surface area contributed by atoms with Crippen LogP contribution in [0.5, 0.6) is 0 Å². The summed E-state index contributed by atoms with van der Waals surface area (Å²) in [5.74, 6) is -1.10. The number of benzene rings is 1. The van der Waals surface area contributed by atoms with Crippen LogP contribution < -0.4 is 5.09 Å². The minimum absolute atomic E-state index is 0.0165. The smallest absolute Gasteiger partial charge is 0.321 e. The summed E-state index contributed by atoms with van der Waals surface area (Å²) in [6, 6.07) is 7.81. The van der Waals surface area contributed by atoms with Crippen LogP contribution in [0.3, 0.4) is 0 Å². The number of carboxylic acids is 1. The molecule has 2 rings (SSSR count). The average Bonchev–Trinajstić information content (AvgIpc) is 3.01. The van der Waals surface area contributed by atoms with Crippen molar-refractivity contribution in [3.8, 4) is 0 Å². The monoisotopic (exact) mass is 341 g/mol. The highest BCUT2D eigenvalue weighted by atomic mass is 31.2. The van der Waals surface area contributed by atoms with Crippen LogP contribution in [0.2, 0.25) is 0 Å². The topological polar surface area (TPSA) is 95.9 Å². The minimum Gasteiger partial charge on any atom is -0.480 e. The van der Waals surface area contributed by atoms with Gasteiger partial charge in [-0.25, -0.2) is 5.09 Å². The fourth-order valence-corrected chi connectivity index (χ4v) is 4.40. The summed E-state index contributed by atoms with van der Waals surface area (Å²) in [4.78, 5) is 21.6. The Labute approximate surface area is 136 Å². The van der Waals surface area contributed by atoms with E-state index in [0.29, 0.717) is 12.2 Å². The molecule has 4 unspecified atom stereocenters. The van der Waals surface area contributed by atoms with Crippen LogP contribution in [-0.2, 0) is 20.3 Å². The summed E-state index contributed by atoms with van der Waals surface area (Å²) in [5.41, 5.74) is 0.696. The lowest BCUT2D eigenvalue weighted by Gasteiger charge is -2.25. The number of rotatable bonds is 8. The van der Waals surface area contributed by atoms with Gasteiger partial charge in [0.25, 0.3) is 7.52 Å².